The minimum absolute atomic E-state index is 0.0510. The van der Waals surface area contributed by atoms with Gasteiger partial charge >= 0.3 is 12.1 Å². The molecular formula is C28H27N5O6. The minimum Gasteiger partial charge on any atom is -0.508 e. The number of amides is 2. The summed E-state index contributed by atoms with van der Waals surface area (Å²) in [5.74, 6) is -1.31. The zero-order valence-electron chi connectivity index (χ0n) is 20.9. The predicted octanol–water partition coefficient (Wildman–Crippen LogP) is 3.60. The van der Waals surface area contributed by atoms with Crippen LogP contribution in [-0.4, -0.2) is 49.2 Å². The Labute approximate surface area is 224 Å². The van der Waals surface area contributed by atoms with E-state index in [2.05, 4.69) is 20.9 Å². The molecule has 11 heteroatoms. The molecule has 0 radical (unpaired) electrons. The number of carbonyl (C=O) groups excluding carboxylic acids is 2. The highest BCUT2D eigenvalue weighted by Gasteiger charge is 2.23. The van der Waals surface area contributed by atoms with E-state index >= 15 is 0 Å². The molecule has 200 valence electrons. The van der Waals surface area contributed by atoms with Gasteiger partial charge in [-0.05, 0) is 35.4 Å². The Morgan fingerprint density at radius 3 is 2.46 bits per heavy atom. The summed E-state index contributed by atoms with van der Waals surface area (Å²) >= 11 is 0. The summed E-state index contributed by atoms with van der Waals surface area (Å²) in [6.45, 7) is 0.235. The summed E-state index contributed by atoms with van der Waals surface area (Å²) in [5, 5.41) is 31.9. The van der Waals surface area contributed by atoms with Gasteiger partial charge in [0, 0.05) is 17.7 Å². The SMILES string of the molecule is O=C(O)CCn1cc(-c2cccc(NC(=O)[C@@H](Cc3ccc(O)cc3)NC(=O)OCc3ccccc3)c2)nn1. The molecule has 1 aromatic heterocycles. The van der Waals surface area contributed by atoms with Gasteiger partial charge in [0.2, 0.25) is 5.91 Å². The van der Waals surface area contributed by atoms with Crippen LogP contribution in [0.5, 0.6) is 5.75 Å². The van der Waals surface area contributed by atoms with Gasteiger partial charge in [-0.3, -0.25) is 14.3 Å². The van der Waals surface area contributed by atoms with E-state index in [1.54, 1.807) is 42.6 Å². The fourth-order valence-electron chi connectivity index (χ4n) is 3.72. The van der Waals surface area contributed by atoms with Gasteiger partial charge in [-0.1, -0.05) is 59.8 Å². The maximum absolute atomic E-state index is 13.3. The lowest BCUT2D eigenvalue weighted by atomic mass is 10.0. The van der Waals surface area contributed by atoms with Crippen LogP contribution in [0.25, 0.3) is 11.3 Å². The highest BCUT2D eigenvalue weighted by molar-refractivity contribution is 5.97. The van der Waals surface area contributed by atoms with Crippen LogP contribution in [-0.2, 0) is 33.9 Å². The van der Waals surface area contributed by atoms with Gasteiger partial charge in [-0.2, -0.15) is 0 Å². The first kappa shape index (κ1) is 26.9. The van der Waals surface area contributed by atoms with Crippen molar-refractivity contribution < 1.29 is 29.3 Å². The summed E-state index contributed by atoms with van der Waals surface area (Å²) in [5.41, 5.74) is 3.18. The molecule has 0 saturated heterocycles. The van der Waals surface area contributed by atoms with E-state index in [4.69, 9.17) is 9.84 Å². The molecular weight excluding hydrogens is 502 g/mol. The van der Waals surface area contributed by atoms with Crippen LogP contribution in [0.1, 0.15) is 17.5 Å². The standard InChI is InChI=1S/C28H27N5O6/c34-23-11-9-19(10-12-23)15-24(30-28(38)39-18-20-5-2-1-3-6-20)27(37)29-22-8-4-7-21(16-22)25-17-33(32-31-25)14-13-26(35)36/h1-12,16-17,24,34H,13-15,18H2,(H,29,37)(H,30,38)(H,35,36)/t24-/m1/s1. The molecule has 0 saturated carbocycles. The van der Waals surface area contributed by atoms with Crippen molar-refractivity contribution in [2.75, 3.05) is 5.32 Å². The van der Waals surface area contributed by atoms with Gasteiger partial charge in [0.05, 0.1) is 19.2 Å². The number of nitrogens with one attached hydrogen (secondary N) is 2. The van der Waals surface area contributed by atoms with Crippen LogP contribution in [0.3, 0.4) is 0 Å². The van der Waals surface area contributed by atoms with E-state index in [1.807, 2.05) is 30.3 Å². The third-order valence-electron chi connectivity index (χ3n) is 5.72. The van der Waals surface area contributed by atoms with Crippen LogP contribution >= 0.6 is 0 Å². The zero-order chi connectivity index (χ0) is 27.6. The maximum atomic E-state index is 13.3. The lowest BCUT2D eigenvalue weighted by Gasteiger charge is -2.19. The second-order valence-corrected chi connectivity index (χ2v) is 8.71. The Kier molecular flexibility index (Phi) is 8.86. The molecule has 0 aliphatic rings. The number of alkyl carbamates (subject to hydrolysis) is 1. The number of phenolic OH excluding ortho intramolecular Hbond substituents is 1. The van der Waals surface area contributed by atoms with Crippen LogP contribution in [0, 0.1) is 0 Å². The molecule has 0 aliphatic carbocycles. The number of aryl methyl sites for hydroxylation is 1. The molecule has 1 heterocycles. The van der Waals surface area contributed by atoms with E-state index < -0.39 is 24.0 Å². The van der Waals surface area contributed by atoms with Gasteiger partial charge < -0.3 is 25.6 Å². The number of carboxylic acid groups (broad SMARTS) is 1. The second kappa shape index (κ2) is 12.9. The number of phenols is 1. The minimum atomic E-state index is -0.974. The topological polar surface area (TPSA) is 156 Å². The van der Waals surface area contributed by atoms with E-state index in [1.165, 1.54) is 16.8 Å². The summed E-state index contributed by atoms with van der Waals surface area (Å²) in [6, 6.07) is 21.5. The first-order valence-corrected chi connectivity index (χ1v) is 12.1. The average Bonchev–Trinajstić information content (AvgIpc) is 3.42. The maximum Gasteiger partial charge on any atom is 0.408 e. The highest BCUT2D eigenvalue weighted by Crippen LogP contribution is 2.21. The first-order valence-electron chi connectivity index (χ1n) is 12.1. The third-order valence-corrected chi connectivity index (χ3v) is 5.72. The summed E-state index contributed by atoms with van der Waals surface area (Å²) in [4.78, 5) is 36.6. The van der Waals surface area contributed by atoms with Gasteiger partial charge in [0.15, 0.2) is 0 Å². The highest BCUT2D eigenvalue weighted by atomic mass is 16.5. The van der Waals surface area contributed by atoms with E-state index in [0.717, 1.165) is 11.1 Å². The molecule has 0 aliphatic heterocycles. The molecule has 0 bridgehead atoms. The molecule has 0 unspecified atom stereocenters. The van der Waals surface area contributed by atoms with E-state index in [-0.39, 0.29) is 31.7 Å². The molecule has 4 aromatic rings. The van der Waals surface area contributed by atoms with Crippen molar-refractivity contribution in [3.05, 3.63) is 96.2 Å². The predicted molar refractivity (Wildman–Crippen MR) is 142 cm³/mol. The Balaban J connectivity index is 1.45. The molecule has 3 aromatic carbocycles. The number of carbonyl (C=O) groups is 3. The third kappa shape index (κ3) is 8.15. The molecule has 4 N–H and O–H groups in total. The van der Waals surface area contributed by atoms with Crippen molar-refractivity contribution in [2.24, 2.45) is 0 Å². The number of carboxylic acids is 1. The van der Waals surface area contributed by atoms with Gasteiger partial charge in [-0.15, -0.1) is 5.10 Å². The molecule has 0 fully saturated rings. The van der Waals surface area contributed by atoms with Crippen LogP contribution < -0.4 is 10.6 Å². The van der Waals surface area contributed by atoms with Crippen molar-refractivity contribution in [1.82, 2.24) is 20.3 Å². The summed E-state index contributed by atoms with van der Waals surface area (Å²) in [6.07, 6.45) is 0.957. The second-order valence-electron chi connectivity index (χ2n) is 8.71. The Morgan fingerprint density at radius 2 is 1.72 bits per heavy atom. The number of hydrogen-bond acceptors (Lipinski definition) is 7. The Hall–Kier alpha value is -5.19. The molecule has 2 amide bonds. The number of benzene rings is 3. The van der Waals surface area contributed by atoms with Crippen molar-refractivity contribution in [3.8, 4) is 17.0 Å². The number of ether oxygens (including phenoxy) is 1. The molecule has 1 atom stereocenters. The lowest BCUT2D eigenvalue weighted by Crippen LogP contribution is -2.45. The van der Waals surface area contributed by atoms with E-state index in [0.29, 0.717) is 16.9 Å². The molecule has 39 heavy (non-hydrogen) atoms. The average molecular weight is 530 g/mol. The number of anilines is 1. The smallest absolute Gasteiger partial charge is 0.408 e. The first-order chi connectivity index (χ1) is 18.9. The summed E-state index contributed by atoms with van der Waals surface area (Å²) in [7, 11) is 0. The van der Waals surface area contributed by atoms with Crippen LogP contribution in [0.15, 0.2) is 85.1 Å². The van der Waals surface area contributed by atoms with Gasteiger partial charge in [-0.25, -0.2) is 4.79 Å². The van der Waals surface area contributed by atoms with Gasteiger partial charge in [0.1, 0.15) is 24.1 Å². The molecule has 0 spiro atoms. The van der Waals surface area contributed by atoms with E-state index in [9.17, 15) is 19.5 Å². The van der Waals surface area contributed by atoms with Crippen molar-refractivity contribution >= 4 is 23.7 Å². The van der Waals surface area contributed by atoms with Crippen molar-refractivity contribution in [1.29, 1.82) is 0 Å². The molecule has 4 rings (SSSR count). The fraction of sp³-hybridized carbons (Fsp3) is 0.179. The number of hydrogen-bond donors (Lipinski definition) is 4. The fourth-order valence-corrected chi connectivity index (χ4v) is 3.72. The number of aromatic nitrogens is 3. The lowest BCUT2D eigenvalue weighted by molar-refractivity contribution is -0.137. The number of aliphatic carboxylic acids is 1. The largest absolute Gasteiger partial charge is 0.508 e. The number of aromatic hydroxyl groups is 1. The van der Waals surface area contributed by atoms with Gasteiger partial charge in [0.25, 0.3) is 0 Å². The molecule has 11 nitrogen and oxygen atoms in total. The van der Waals surface area contributed by atoms with Crippen molar-refractivity contribution in [3.63, 3.8) is 0 Å². The number of rotatable bonds is 11. The Bertz CT molecular complexity index is 1420. The normalized spacial score (nSPS) is 11.4. The van der Waals surface area contributed by atoms with Crippen LogP contribution in [0.2, 0.25) is 0 Å². The quantitative estimate of drug-likeness (QED) is 0.230. The van der Waals surface area contributed by atoms with Crippen LogP contribution in [0.4, 0.5) is 10.5 Å². The zero-order valence-corrected chi connectivity index (χ0v) is 20.9. The van der Waals surface area contributed by atoms with Crippen molar-refractivity contribution in [2.45, 2.75) is 32.0 Å². The Morgan fingerprint density at radius 1 is 0.949 bits per heavy atom. The number of nitrogens with zero attached hydrogens (tertiary/aromatic N) is 3. The monoisotopic (exact) mass is 529 g/mol. The summed E-state index contributed by atoms with van der Waals surface area (Å²) < 4.78 is 6.74.